The van der Waals surface area contributed by atoms with E-state index in [0.29, 0.717) is 0 Å². The SMILES string of the molecule is Cc1cnc(C(C)NC(=O)C2CCCCCC2N)s1. The first-order valence-corrected chi connectivity index (χ1v) is 7.88. The van der Waals surface area contributed by atoms with Gasteiger partial charge in [-0.1, -0.05) is 19.3 Å². The lowest BCUT2D eigenvalue weighted by atomic mass is 9.94. The molecular formula is C14H23N3OS. The number of carbonyl (C=O) groups is 1. The van der Waals surface area contributed by atoms with Crippen molar-refractivity contribution in [3.8, 4) is 0 Å². The highest BCUT2D eigenvalue weighted by molar-refractivity contribution is 7.11. The fourth-order valence-electron chi connectivity index (χ4n) is 2.62. The molecule has 5 heteroatoms. The average Bonchev–Trinajstić information content (AvgIpc) is 2.68. The van der Waals surface area contributed by atoms with Crippen LogP contribution in [0.3, 0.4) is 0 Å². The third-order valence-corrected chi connectivity index (χ3v) is 4.87. The van der Waals surface area contributed by atoms with Crippen molar-refractivity contribution >= 4 is 17.2 Å². The molecule has 1 aliphatic rings. The molecule has 3 unspecified atom stereocenters. The summed E-state index contributed by atoms with van der Waals surface area (Å²) in [7, 11) is 0. The van der Waals surface area contributed by atoms with Crippen LogP contribution in [0.2, 0.25) is 0 Å². The Morgan fingerprint density at radius 1 is 1.47 bits per heavy atom. The van der Waals surface area contributed by atoms with Gasteiger partial charge >= 0.3 is 0 Å². The Morgan fingerprint density at radius 3 is 2.89 bits per heavy atom. The molecule has 3 N–H and O–H groups in total. The summed E-state index contributed by atoms with van der Waals surface area (Å²) in [6, 6.07) is -0.0191. The Labute approximate surface area is 118 Å². The van der Waals surface area contributed by atoms with Gasteiger partial charge in [0.25, 0.3) is 0 Å². The number of nitrogens with one attached hydrogen (secondary N) is 1. The molecule has 3 atom stereocenters. The quantitative estimate of drug-likeness (QED) is 0.837. The fourth-order valence-corrected chi connectivity index (χ4v) is 3.39. The normalized spacial score (nSPS) is 25.6. The minimum Gasteiger partial charge on any atom is -0.347 e. The maximum absolute atomic E-state index is 12.3. The molecule has 2 rings (SSSR count). The van der Waals surface area contributed by atoms with E-state index >= 15 is 0 Å². The standard InChI is InChI=1S/C14H23N3OS/c1-9-8-16-14(19-9)10(2)17-13(18)11-6-4-3-5-7-12(11)15/h8,10-12H,3-7,15H2,1-2H3,(H,17,18). The van der Waals surface area contributed by atoms with E-state index in [1.165, 1.54) is 11.3 Å². The van der Waals surface area contributed by atoms with E-state index in [2.05, 4.69) is 10.3 Å². The maximum atomic E-state index is 12.3. The van der Waals surface area contributed by atoms with Crippen LogP contribution in [-0.2, 0) is 4.79 Å². The molecule has 0 bridgehead atoms. The number of amides is 1. The number of hydrogen-bond donors (Lipinski definition) is 2. The van der Waals surface area contributed by atoms with Crippen LogP contribution in [0.15, 0.2) is 6.20 Å². The molecule has 1 aliphatic carbocycles. The van der Waals surface area contributed by atoms with Gasteiger partial charge in [0, 0.05) is 17.1 Å². The molecule has 0 aliphatic heterocycles. The Hall–Kier alpha value is -0.940. The molecule has 106 valence electrons. The summed E-state index contributed by atoms with van der Waals surface area (Å²) in [5.74, 6) is 0.0563. The van der Waals surface area contributed by atoms with Crippen molar-refractivity contribution in [2.45, 2.75) is 58.0 Å². The zero-order valence-corrected chi connectivity index (χ0v) is 12.5. The van der Waals surface area contributed by atoms with Gasteiger partial charge in [-0.2, -0.15) is 0 Å². The predicted octanol–water partition coefficient (Wildman–Crippen LogP) is 2.54. The summed E-state index contributed by atoms with van der Waals surface area (Å²) < 4.78 is 0. The first-order chi connectivity index (χ1) is 9.08. The van der Waals surface area contributed by atoms with Gasteiger partial charge < -0.3 is 11.1 Å². The van der Waals surface area contributed by atoms with Crippen molar-refractivity contribution < 1.29 is 4.79 Å². The summed E-state index contributed by atoms with van der Waals surface area (Å²) in [6.45, 7) is 4.01. The highest BCUT2D eigenvalue weighted by Crippen LogP contribution is 2.24. The Morgan fingerprint density at radius 2 is 2.21 bits per heavy atom. The number of rotatable bonds is 3. The molecule has 1 fully saturated rings. The van der Waals surface area contributed by atoms with E-state index in [0.717, 1.165) is 30.7 Å². The molecular weight excluding hydrogens is 258 g/mol. The molecule has 19 heavy (non-hydrogen) atoms. The zero-order chi connectivity index (χ0) is 13.8. The van der Waals surface area contributed by atoms with Gasteiger partial charge in [-0.3, -0.25) is 4.79 Å². The van der Waals surface area contributed by atoms with Gasteiger partial charge in [0.05, 0.1) is 12.0 Å². The second-order valence-electron chi connectivity index (χ2n) is 5.45. The largest absolute Gasteiger partial charge is 0.347 e. The van der Waals surface area contributed by atoms with Crippen LogP contribution in [0.25, 0.3) is 0 Å². The van der Waals surface area contributed by atoms with Crippen molar-refractivity contribution in [3.63, 3.8) is 0 Å². The van der Waals surface area contributed by atoms with Crippen molar-refractivity contribution in [3.05, 3.63) is 16.1 Å². The second-order valence-corrected chi connectivity index (χ2v) is 6.71. The third-order valence-electron chi connectivity index (χ3n) is 3.77. The molecule has 0 aromatic carbocycles. The molecule has 1 saturated carbocycles. The van der Waals surface area contributed by atoms with E-state index in [4.69, 9.17) is 5.73 Å². The number of nitrogens with zero attached hydrogens (tertiary/aromatic N) is 1. The lowest BCUT2D eigenvalue weighted by Crippen LogP contribution is -2.42. The van der Waals surface area contributed by atoms with Crippen LogP contribution in [-0.4, -0.2) is 16.9 Å². The van der Waals surface area contributed by atoms with Crippen LogP contribution in [0.4, 0.5) is 0 Å². The van der Waals surface area contributed by atoms with Gasteiger partial charge in [-0.05, 0) is 26.7 Å². The topological polar surface area (TPSA) is 68.0 Å². The van der Waals surface area contributed by atoms with Crippen molar-refractivity contribution in [2.24, 2.45) is 11.7 Å². The Balaban J connectivity index is 1.95. The number of carbonyl (C=O) groups excluding carboxylic acids is 1. The number of nitrogens with two attached hydrogens (primary N) is 1. The Kier molecular flexibility index (Phi) is 4.93. The highest BCUT2D eigenvalue weighted by Gasteiger charge is 2.28. The van der Waals surface area contributed by atoms with Crippen LogP contribution in [0.5, 0.6) is 0 Å². The summed E-state index contributed by atoms with van der Waals surface area (Å²) in [4.78, 5) is 17.8. The van der Waals surface area contributed by atoms with Gasteiger partial charge in [0.15, 0.2) is 0 Å². The van der Waals surface area contributed by atoms with E-state index in [1.807, 2.05) is 20.0 Å². The monoisotopic (exact) mass is 281 g/mol. The molecule has 1 amide bonds. The minimum atomic E-state index is -0.0361. The molecule has 0 radical (unpaired) electrons. The summed E-state index contributed by atoms with van der Waals surface area (Å²) in [5.41, 5.74) is 6.12. The first kappa shape index (κ1) is 14.5. The van der Waals surface area contributed by atoms with E-state index in [9.17, 15) is 4.79 Å². The summed E-state index contributed by atoms with van der Waals surface area (Å²) in [5, 5.41) is 4.03. The zero-order valence-electron chi connectivity index (χ0n) is 11.7. The number of aryl methyl sites for hydroxylation is 1. The average molecular weight is 281 g/mol. The van der Waals surface area contributed by atoms with Crippen LogP contribution < -0.4 is 11.1 Å². The van der Waals surface area contributed by atoms with Gasteiger partial charge in [-0.15, -0.1) is 11.3 Å². The second kappa shape index (κ2) is 6.48. The maximum Gasteiger partial charge on any atom is 0.225 e. The highest BCUT2D eigenvalue weighted by atomic mass is 32.1. The number of thiazole rings is 1. The molecule has 0 saturated heterocycles. The van der Waals surface area contributed by atoms with Gasteiger partial charge in [-0.25, -0.2) is 4.98 Å². The lowest BCUT2D eigenvalue weighted by Gasteiger charge is -2.22. The molecule has 4 nitrogen and oxygen atoms in total. The smallest absolute Gasteiger partial charge is 0.225 e. The Bertz CT molecular complexity index is 432. The lowest BCUT2D eigenvalue weighted by molar-refractivity contribution is -0.126. The van der Waals surface area contributed by atoms with Crippen LogP contribution in [0.1, 0.15) is 55.0 Å². The summed E-state index contributed by atoms with van der Waals surface area (Å²) in [6.07, 6.45) is 7.17. The van der Waals surface area contributed by atoms with E-state index in [-0.39, 0.29) is 23.9 Å². The number of aromatic nitrogens is 1. The van der Waals surface area contributed by atoms with Gasteiger partial charge in [0.1, 0.15) is 5.01 Å². The van der Waals surface area contributed by atoms with Crippen molar-refractivity contribution in [2.75, 3.05) is 0 Å². The molecule has 0 spiro atoms. The van der Waals surface area contributed by atoms with Gasteiger partial charge in [0.2, 0.25) is 5.91 Å². The molecule has 1 aromatic rings. The van der Waals surface area contributed by atoms with Crippen molar-refractivity contribution in [1.29, 1.82) is 0 Å². The first-order valence-electron chi connectivity index (χ1n) is 7.06. The van der Waals surface area contributed by atoms with Crippen molar-refractivity contribution in [1.82, 2.24) is 10.3 Å². The van der Waals surface area contributed by atoms with Crippen LogP contribution in [0, 0.1) is 12.8 Å². The third kappa shape index (κ3) is 3.76. The van der Waals surface area contributed by atoms with E-state index in [1.54, 1.807) is 11.3 Å². The number of hydrogen-bond acceptors (Lipinski definition) is 4. The minimum absolute atomic E-state index is 0.00716. The molecule has 1 heterocycles. The summed E-state index contributed by atoms with van der Waals surface area (Å²) >= 11 is 1.63. The fraction of sp³-hybridized carbons (Fsp3) is 0.714. The van der Waals surface area contributed by atoms with Crippen LogP contribution >= 0.6 is 11.3 Å². The predicted molar refractivity (Wildman–Crippen MR) is 78.0 cm³/mol. The van der Waals surface area contributed by atoms with E-state index < -0.39 is 0 Å². The molecule has 1 aromatic heterocycles.